The molecule has 0 saturated heterocycles. The van der Waals surface area contributed by atoms with Crippen LogP contribution in [0.15, 0.2) is 54.6 Å². The minimum Gasteiger partial charge on any atom is -0.100 e. The van der Waals surface area contributed by atoms with E-state index in [0.29, 0.717) is 0 Å². The summed E-state index contributed by atoms with van der Waals surface area (Å²) < 4.78 is 0. The maximum atomic E-state index is 5.78. The molecule has 2 rings (SSSR count). The van der Waals surface area contributed by atoms with Crippen LogP contribution < -0.4 is 0 Å². The van der Waals surface area contributed by atoms with E-state index in [1.807, 2.05) is 42.5 Å². The maximum Gasteiger partial charge on any atom is 0.132 e. The fourth-order valence-corrected chi connectivity index (χ4v) is 1.80. The van der Waals surface area contributed by atoms with Gasteiger partial charge in [-0.2, -0.15) is 0 Å². The third-order valence-corrected chi connectivity index (χ3v) is 2.96. The van der Waals surface area contributed by atoms with E-state index in [-0.39, 0.29) is 0 Å². The molecule has 0 amide bonds. The zero-order chi connectivity index (χ0) is 12.1. The summed E-state index contributed by atoms with van der Waals surface area (Å²) in [6, 6.07) is 18.1. The third kappa shape index (κ3) is 3.62. The van der Waals surface area contributed by atoms with Crippen molar-refractivity contribution >= 4 is 35.4 Å². The largest absolute Gasteiger partial charge is 0.132 e. The normalized spacial score (nSPS) is 11.2. The Bertz CT molecular complexity index is 484. The fraction of sp³-hybridized carbons (Fsp3) is 0.0667. The standard InChI is InChI=1S/C15H12Cl2/c16-15(17)14-10-8-13(9-11-14)7-6-12-4-2-1-3-5-12/h1-11,15H. The predicted molar refractivity (Wildman–Crippen MR) is 76.3 cm³/mol. The second-order valence-corrected chi connectivity index (χ2v) is 4.81. The van der Waals surface area contributed by atoms with E-state index in [1.165, 1.54) is 5.56 Å². The van der Waals surface area contributed by atoms with Crippen molar-refractivity contribution < 1.29 is 0 Å². The summed E-state index contributed by atoms with van der Waals surface area (Å²) in [4.78, 5) is -0.456. The van der Waals surface area contributed by atoms with E-state index in [2.05, 4.69) is 24.3 Å². The van der Waals surface area contributed by atoms with E-state index in [4.69, 9.17) is 23.2 Å². The number of halogens is 2. The molecule has 0 unspecified atom stereocenters. The highest BCUT2D eigenvalue weighted by Crippen LogP contribution is 2.24. The van der Waals surface area contributed by atoms with Crippen molar-refractivity contribution in [2.45, 2.75) is 4.84 Å². The summed E-state index contributed by atoms with van der Waals surface area (Å²) in [5.41, 5.74) is 3.24. The van der Waals surface area contributed by atoms with Gasteiger partial charge in [-0.05, 0) is 16.7 Å². The van der Waals surface area contributed by atoms with Gasteiger partial charge in [0.05, 0.1) is 0 Å². The first-order valence-electron chi connectivity index (χ1n) is 5.37. The second kappa shape index (κ2) is 5.90. The lowest BCUT2D eigenvalue weighted by molar-refractivity contribution is 1.35. The minimum absolute atomic E-state index is 0.456. The average molecular weight is 263 g/mol. The zero-order valence-electron chi connectivity index (χ0n) is 9.18. The van der Waals surface area contributed by atoms with Crippen LogP contribution in [0.1, 0.15) is 21.5 Å². The van der Waals surface area contributed by atoms with Gasteiger partial charge < -0.3 is 0 Å². The van der Waals surface area contributed by atoms with Crippen LogP contribution in [0.25, 0.3) is 12.2 Å². The molecular formula is C15H12Cl2. The SMILES string of the molecule is ClC(Cl)c1ccc(C=Cc2ccccc2)cc1. The van der Waals surface area contributed by atoms with Gasteiger partial charge in [-0.3, -0.25) is 0 Å². The van der Waals surface area contributed by atoms with Gasteiger partial charge >= 0.3 is 0 Å². The molecule has 0 nitrogen and oxygen atoms in total. The van der Waals surface area contributed by atoms with Gasteiger partial charge in [-0.15, -0.1) is 23.2 Å². The Hall–Kier alpha value is -1.24. The Balaban J connectivity index is 2.12. The van der Waals surface area contributed by atoms with Gasteiger partial charge in [0.15, 0.2) is 0 Å². The van der Waals surface area contributed by atoms with Crippen molar-refractivity contribution in [1.82, 2.24) is 0 Å². The van der Waals surface area contributed by atoms with Crippen LogP contribution in [0, 0.1) is 0 Å². The first-order valence-corrected chi connectivity index (χ1v) is 6.24. The zero-order valence-corrected chi connectivity index (χ0v) is 10.7. The molecule has 0 aromatic heterocycles. The molecule has 2 aromatic carbocycles. The molecule has 0 heterocycles. The van der Waals surface area contributed by atoms with Gasteiger partial charge in [0.2, 0.25) is 0 Å². The van der Waals surface area contributed by atoms with Crippen LogP contribution in [0.3, 0.4) is 0 Å². The Labute approximate surface area is 112 Å². The van der Waals surface area contributed by atoms with Crippen molar-refractivity contribution in [3.05, 3.63) is 71.3 Å². The first-order chi connectivity index (χ1) is 8.25. The van der Waals surface area contributed by atoms with E-state index in [9.17, 15) is 0 Å². The van der Waals surface area contributed by atoms with Crippen molar-refractivity contribution in [1.29, 1.82) is 0 Å². The summed E-state index contributed by atoms with van der Waals surface area (Å²) in [7, 11) is 0. The Morgan fingerprint density at radius 1 is 0.706 bits per heavy atom. The number of alkyl halides is 2. The number of benzene rings is 2. The molecule has 0 fully saturated rings. The van der Waals surface area contributed by atoms with Crippen molar-refractivity contribution in [3.63, 3.8) is 0 Å². The molecule has 0 aliphatic heterocycles. The summed E-state index contributed by atoms with van der Waals surface area (Å²) >= 11 is 11.6. The van der Waals surface area contributed by atoms with E-state index in [1.54, 1.807) is 0 Å². The van der Waals surface area contributed by atoms with Crippen LogP contribution in [-0.2, 0) is 0 Å². The molecule has 0 saturated carbocycles. The molecule has 0 aliphatic rings. The molecule has 0 spiro atoms. The van der Waals surface area contributed by atoms with Crippen LogP contribution >= 0.6 is 23.2 Å². The van der Waals surface area contributed by atoms with Gasteiger partial charge in [-0.1, -0.05) is 66.7 Å². The average Bonchev–Trinajstić information content (AvgIpc) is 2.38. The van der Waals surface area contributed by atoms with Crippen molar-refractivity contribution in [2.75, 3.05) is 0 Å². The Kier molecular flexibility index (Phi) is 4.24. The molecule has 0 bridgehead atoms. The monoisotopic (exact) mass is 262 g/mol. The highest BCUT2D eigenvalue weighted by Gasteiger charge is 2.01. The number of hydrogen-bond acceptors (Lipinski definition) is 0. The molecule has 86 valence electrons. The van der Waals surface area contributed by atoms with Crippen LogP contribution in [0.5, 0.6) is 0 Å². The number of rotatable bonds is 3. The molecular weight excluding hydrogens is 251 g/mol. The first kappa shape index (κ1) is 12.2. The van der Waals surface area contributed by atoms with Crippen LogP contribution in [-0.4, -0.2) is 0 Å². The van der Waals surface area contributed by atoms with Gasteiger partial charge in [-0.25, -0.2) is 0 Å². The molecule has 17 heavy (non-hydrogen) atoms. The lowest BCUT2D eigenvalue weighted by Gasteiger charge is -2.01. The lowest BCUT2D eigenvalue weighted by Crippen LogP contribution is -1.80. The molecule has 0 radical (unpaired) electrons. The summed E-state index contributed by atoms with van der Waals surface area (Å²) in [5, 5.41) is 0. The summed E-state index contributed by atoms with van der Waals surface area (Å²) in [5.74, 6) is 0. The molecule has 0 N–H and O–H groups in total. The molecule has 2 aromatic rings. The molecule has 0 atom stereocenters. The predicted octanol–water partition coefficient (Wildman–Crippen LogP) is 5.33. The lowest BCUT2D eigenvalue weighted by atomic mass is 10.1. The number of hydrogen-bond donors (Lipinski definition) is 0. The van der Waals surface area contributed by atoms with E-state index in [0.717, 1.165) is 11.1 Å². The van der Waals surface area contributed by atoms with Crippen molar-refractivity contribution in [3.8, 4) is 0 Å². The van der Waals surface area contributed by atoms with Gasteiger partial charge in [0, 0.05) is 0 Å². The van der Waals surface area contributed by atoms with Gasteiger partial charge in [0.1, 0.15) is 4.84 Å². The van der Waals surface area contributed by atoms with Gasteiger partial charge in [0.25, 0.3) is 0 Å². The quantitative estimate of drug-likeness (QED) is 0.518. The summed E-state index contributed by atoms with van der Waals surface area (Å²) in [6.07, 6.45) is 4.14. The maximum absolute atomic E-state index is 5.78. The Morgan fingerprint density at radius 3 is 1.76 bits per heavy atom. The van der Waals surface area contributed by atoms with E-state index >= 15 is 0 Å². The summed E-state index contributed by atoms with van der Waals surface area (Å²) in [6.45, 7) is 0. The van der Waals surface area contributed by atoms with Crippen LogP contribution in [0.2, 0.25) is 0 Å². The smallest absolute Gasteiger partial charge is 0.100 e. The third-order valence-electron chi connectivity index (χ3n) is 2.46. The highest BCUT2D eigenvalue weighted by molar-refractivity contribution is 6.44. The fourth-order valence-electron chi connectivity index (χ4n) is 1.51. The topological polar surface area (TPSA) is 0 Å². The minimum atomic E-state index is -0.456. The molecule has 0 aliphatic carbocycles. The second-order valence-electron chi connectivity index (χ2n) is 3.71. The van der Waals surface area contributed by atoms with E-state index < -0.39 is 4.84 Å². The molecule has 2 heteroatoms. The Morgan fingerprint density at radius 2 is 1.24 bits per heavy atom. The highest BCUT2D eigenvalue weighted by atomic mass is 35.5. The van der Waals surface area contributed by atoms with Crippen molar-refractivity contribution in [2.24, 2.45) is 0 Å². The van der Waals surface area contributed by atoms with Crippen LogP contribution in [0.4, 0.5) is 0 Å².